The Balaban J connectivity index is 1.74. The van der Waals surface area contributed by atoms with Gasteiger partial charge < -0.3 is 0 Å². The normalized spacial score (nSPS) is 16.3. The van der Waals surface area contributed by atoms with E-state index in [1.807, 2.05) is 53.4 Å². The fourth-order valence-electron chi connectivity index (χ4n) is 3.39. The summed E-state index contributed by atoms with van der Waals surface area (Å²) in [4.78, 5) is 15.0. The molecule has 3 aromatic rings. The lowest BCUT2D eigenvalue weighted by molar-refractivity contribution is -0.118. The summed E-state index contributed by atoms with van der Waals surface area (Å²) in [5.41, 5.74) is 5.49. The van der Waals surface area contributed by atoms with Crippen molar-refractivity contribution in [2.24, 2.45) is 0 Å². The van der Waals surface area contributed by atoms with E-state index >= 15 is 0 Å². The van der Waals surface area contributed by atoms with E-state index in [-0.39, 0.29) is 11.8 Å². The molecule has 0 unspecified atom stereocenters. The highest BCUT2D eigenvalue weighted by Gasteiger charge is 2.37. The SMILES string of the molecule is Cc1ccc(C[C@H]2C(=O)N(c3ccccc3)c3ccccc32)cc1. The van der Waals surface area contributed by atoms with Crippen molar-refractivity contribution in [1.82, 2.24) is 0 Å². The van der Waals surface area contributed by atoms with Gasteiger partial charge in [-0.3, -0.25) is 9.69 Å². The zero-order valence-electron chi connectivity index (χ0n) is 13.6. The van der Waals surface area contributed by atoms with Crippen molar-refractivity contribution >= 4 is 17.3 Å². The average Bonchev–Trinajstić information content (AvgIpc) is 2.90. The molecule has 2 nitrogen and oxygen atoms in total. The Morgan fingerprint density at radius 3 is 2.25 bits per heavy atom. The van der Waals surface area contributed by atoms with Crippen molar-refractivity contribution in [3.05, 3.63) is 95.6 Å². The van der Waals surface area contributed by atoms with Crippen LogP contribution in [-0.2, 0) is 11.2 Å². The maximum Gasteiger partial charge on any atom is 0.239 e. The van der Waals surface area contributed by atoms with Gasteiger partial charge in [0.2, 0.25) is 5.91 Å². The number of carbonyl (C=O) groups is 1. The second kappa shape index (κ2) is 5.97. The summed E-state index contributed by atoms with van der Waals surface area (Å²) in [7, 11) is 0. The Kier molecular flexibility index (Phi) is 3.66. The highest BCUT2D eigenvalue weighted by molar-refractivity contribution is 6.10. The molecule has 1 atom stereocenters. The van der Waals surface area contributed by atoms with Crippen LogP contribution in [0.2, 0.25) is 0 Å². The van der Waals surface area contributed by atoms with Gasteiger partial charge >= 0.3 is 0 Å². The molecule has 0 aromatic heterocycles. The summed E-state index contributed by atoms with van der Waals surface area (Å²) in [6, 6.07) is 26.5. The Hall–Kier alpha value is -2.87. The van der Waals surface area contributed by atoms with Gasteiger partial charge in [-0.25, -0.2) is 0 Å². The minimum Gasteiger partial charge on any atom is -0.280 e. The van der Waals surface area contributed by atoms with Gasteiger partial charge in [-0.2, -0.15) is 0 Å². The quantitative estimate of drug-likeness (QED) is 0.666. The predicted octanol–water partition coefficient (Wildman–Crippen LogP) is 5.00. The van der Waals surface area contributed by atoms with Crippen molar-refractivity contribution in [2.75, 3.05) is 4.90 Å². The number of para-hydroxylation sites is 2. The minimum absolute atomic E-state index is 0.121. The molecule has 0 aliphatic carbocycles. The molecule has 118 valence electrons. The molecular formula is C22H19NO. The van der Waals surface area contributed by atoms with E-state index in [0.717, 1.165) is 23.4 Å². The van der Waals surface area contributed by atoms with E-state index in [2.05, 4.69) is 37.3 Å². The Bertz CT molecular complexity index is 868. The van der Waals surface area contributed by atoms with E-state index in [9.17, 15) is 4.79 Å². The standard InChI is InChI=1S/C22H19NO/c1-16-11-13-17(14-12-16)15-20-19-9-5-6-10-21(19)23(22(20)24)18-7-3-2-4-8-18/h2-14,20H,15H2,1H3/t20-/m1/s1. The van der Waals surface area contributed by atoms with Crippen LogP contribution in [0, 0.1) is 6.92 Å². The Labute approximate surface area is 142 Å². The van der Waals surface area contributed by atoms with Crippen molar-refractivity contribution < 1.29 is 4.79 Å². The zero-order chi connectivity index (χ0) is 16.5. The third-order valence-electron chi connectivity index (χ3n) is 4.65. The van der Waals surface area contributed by atoms with Crippen molar-refractivity contribution in [3.8, 4) is 0 Å². The monoisotopic (exact) mass is 313 g/mol. The van der Waals surface area contributed by atoms with Gasteiger partial charge in [0.05, 0.1) is 11.6 Å². The van der Waals surface area contributed by atoms with Gasteiger partial charge in [0.25, 0.3) is 0 Å². The van der Waals surface area contributed by atoms with Crippen LogP contribution in [0.5, 0.6) is 0 Å². The first-order valence-corrected chi connectivity index (χ1v) is 8.27. The van der Waals surface area contributed by atoms with Gasteiger partial charge in [0, 0.05) is 5.69 Å². The van der Waals surface area contributed by atoms with Crippen LogP contribution in [0.1, 0.15) is 22.6 Å². The summed E-state index contributed by atoms with van der Waals surface area (Å²) < 4.78 is 0. The first-order valence-electron chi connectivity index (χ1n) is 8.27. The number of aryl methyl sites for hydroxylation is 1. The number of anilines is 2. The van der Waals surface area contributed by atoms with Crippen molar-refractivity contribution in [2.45, 2.75) is 19.3 Å². The maximum atomic E-state index is 13.2. The predicted molar refractivity (Wildman–Crippen MR) is 97.7 cm³/mol. The number of benzene rings is 3. The second-order valence-electron chi connectivity index (χ2n) is 6.31. The number of fused-ring (bicyclic) bond motifs is 1. The van der Waals surface area contributed by atoms with E-state index in [1.54, 1.807) is 0 Å². The number of nitrogens with zero attached hydrogens (tertiary/aromatic N) is 1. The van der Waals surface area contributed by atoms with Crippen LogP contribution in [0.4, 0.5) is 11.4 Å². The zero-order valence-corrected chi connectivity index (χ0v) is 13.6. The third-order valence-corrected chi connectivity index (χ3v) is 4.65. The van der Waals surface area contributed by atoms with E-state index < -0.39 is 0 Å². The molecule has 0 spiro atoms. The maximum absolute atomic E-state index is 13.2. The summed E-state index contributed by atoms with van der Waals surface area (Å²) in [6.07, 6.45) is 0.736. The Morgan fingerprint density at radius 1 is 0.833 bits per heavy atom. The average molecular weight is 313 g/mol. The molecule has 1 amide bonds. The smallest absolute Gasteiger partial charge is 0.239 e. The summed E-state index contributed by atoms with van der Waals surface area (Å²) in [5, 5.41) is 0. The molecule has 4 rings (SSSR count). The van der Waals surface area contributed by atoms with Crippen LogP contribution >= 0.6 is 0 Å². The van der Waals surface area contributed by atoms with Crippen LogP contribution in [-0.4, -0.2) is 5.91 Å². The molecular weight excluding hydrogens is 294 g/mol. The summed E-state index contributed by atoms with van der Waals surface area (Å²) in [5.74, 6) is 0.0343. The fraction of sp³-hybridized carbons (Fsp3) is 0.136. The molecule has 0 saturated heterocycles. The molecule has 0 saturated carbocycles. The van der Waals surface area contributed by atoms with Gasteiger partial charge in [-0.15, -0.1) is 0 Å². The van der Waals surface area contributed by atoms with Gasteiger partial charge in [-0.1, -0.05) is 66.2 Å². The number of carbonyl (C=O) groups excluding carboxylic acids is 1. The first-order chi connectivity index (χ1) is 11.7. The van der Waals surface area contributed by atoms with Crippen LogP contribution in [0.15, 0.2) is 78.9 Å². The van der Waals surface area contributed by atoms with Gasteiger partial charge in [0.1, 0.15) is 0 Å². The van der Waals surface area contributed by atoms with E-state index in [0.29, 0.717) is 0 Å². The van der Waals surface area contributed by atoms with Gasteiger partial charge in [0.15, 0.2) is 0 Å². The molecule has 3 aromatic carbocycles. The van der Waals surface area contributed by atoms with Crippen molar-refractivity contribution in [3.63, 3.8) is 0 Å². The highest BCUT2D eigenvalue weighted by atomic mass is 16.2. The first kappa shape index (κ1) is 14.7. The number of rotatable bonds is 3. The lowest BCUT2D eigenvalue weighted by Gasteiger charge is -2.18. The molecule has 1 aliphatic rings. The largest absolute Gasteiger partial charge is 0.280 e. The van der Waals surface area contributed by atoms with E-state index in [4.69, 9.17) is 0 Å². The number of hydrogen-bond acceptors (Lipinski definition) is 1. The molecule has 0 N–H and O–H groups in total. The summed E-state index contributed by atoms with van der Waals surface area (Å²) in [6.45, 7) is 2.08. The van der Waals surface area contributed by atoms with Gasteiger partial charge in [-0.05, 0) is 42.7 Å². The molecule has 0 radical (unpaired) electrons. The van der Waals surface area contributed by atoms with Crippen LogP contribution < -0.4 is 4.90 Å². The molecule has 1 aliphatic heterocycles. The van der Waals surface area contributed by atoms with Crippen LogP contribution in [0.3, 0.4) is 0 Å². The highest BCUT2D eigenvalue weighted by Crippen LogP contribution is 2.43. The second-order valence-corrected chi connectivity index (χ2v) is 6.31. The Morgan fingerprint density at radius 2 is 1.50 bits per heavy atom. The minimum atomic E-state index is -0.121. The molecule has 0 bridgehead atoms. The van der Waals surface area contributed by atoms with Crippen molar-refractivity contribution in [1.29, 1.82) is 0 Å². The third kappa shape index (κ3) is 2.50. The lowest BCUT2D eigenvalue weighted by Crippen LogP contribution is -2.24. The molecule has 2 heteroatoms. The van der Waals surface area contributed by atoms with Crippen LogP contribution in [0.25, 0.3) is 0 Å². The number of hydrogen-bond donors (Lipinski definition) is 0. The molecule has 0 fully saturated rings. The topological polar surface area (TPSA) is 20.3 Å². The van der Waals surface area contributed by atoms with E-state index in [1.165, 1.54) is 11.1 Å². The fourth-order valence-corrected chi connectivity index (χ4v) is 3.39. The summed E-state index contributed by atoms with van der Waals surface area (Å²) >= 11 is 0. The molecule has 24 heavy (non-hydrogen) atoms. The molecule has 1 heterocycles. The number of amides is 1. The lowest BCUT2D eigenvalue weighted by atomic mass is 9.93.